The smallest absolute Gasteiger partial charge is 0.253 e. The third-order valence-corrected chi connectivity index (χ3v) is 2.59. The number of nitrogens with zero attached hydrogens (tertiary/aromatic N) is 2. The van der Waals surface area contributed by atoms with Crippen molar-refractivity contribution in [3.63, 3.8) is 0 Å². The summed E-state index contributed by atoms with van der Waals surface area (Å²) in [7, 11) is 0. The first-order valence-electron chi connectivity index (χ1n) is 5.69. The number of carbonyl (C=O) groups is 1. The second-order valence-corrected chi connectivity index (χ2v) is 4.51. The van der Waals surface area contributed by atoms with Crippen LogP contribution in [-0.4, -0.2) is 33.9 Å². The molecule has 17 heavy (non-hydrogen) atoms. The minimum atomic E-state index is -0.532. The van der Waals surface area contributed by atoms with Crippen molar-refractivity contribution in [1.82, 2.24) is 15.5 Å². The molecule has 2 N–H and O–H groups in total. The van der Waals surface area contributed by atoms with Crippen molar-refractivity contribution in [1.29, 1.82) is 0 Å². The number of hydrogen-bond acceptors (Lipinski definition) is 4. The predicted octanol–water partition coefficient (Wildman–Crippen LogP) is 0.840. The molecule has 94 valence electrons. The maximum Gasteiger partial charge on any atom is 0.253 e. The Morgan fingerprint density at radius 2 is 2.06 bits per heavy atom. The van der Waals surface area contributed by atoms with Crippen LogP contribution in [0, 0.1) is 19.8 Å². The van der Waals surface area contributed by atoms with Crippen molar-refractivity contribution in [3.8, 4) is 0 Å². The lowest BCUT2D eigenvalue weighted by molar-refractivity contribution is 0.0870. The molecular formula is C12H19N3O2. The summed E-state index contributed by atoms with van der Waals surface area (Å²) in [6, 6.07) is 1.69. The Labute approximate surface area is 101 Å². The topological polar surface area (TPSA) is 75.1 Å². The average Bonchev–Trinajstić information content (AvgIpc) is 2.28. The average molecular weight is 237 g/mol. The molecule has 0 aromatic carbocycles. The number of aliphatic hydroxyl groups excluding tert-OH is 1. The van der Waals surface area contributed by atoms with Gasteiger partial charge in [0.2, 0.25) is 0 Å². The molecule has 1 heterocycles. The van der Waals surface area contributed by atoms with Crippen LogP contribution in [0.3, 0.4) is 0 Å². The molecular weight excluding hydrogens is 218 g/mol. The Bertz CT molecular complexity index is 405. The normalized spacial score (nSPS) is 12.6. The van der Waals surface area contributed by atoms with E-state index in [-0.39, 0.29) is 18.4 Å². The molecule has 0 saturated carbocycles. The number of rotatable bonds is 4. The Morgan fingerprint density at radius 1 is 1.41 bits per heavy atom. The first-order valence-corrected chi connectivity index (χ1v) is 5.69. The van der Waals surface area contributed by atoms with Gasteiger partial charge >= 0.3 is 0 Å². The Kier molecular flexibility index (Phi) is 4.57. The van der Waals surface area contributed by atoms with E-state index in [0.29, 0.717) is 17.0 Å². The quantitative estimate of drug-likeness (QED) is 0.813. The SMILES string of the molecule is Cc1cc(C(=O)NCC(O)C(C)C)c(C)nn1. The minimum absolute atomic E-state index is 0.119. The summed E-state index contributed by atoms with van der Waals surface area (Å²) in [6.45, 7) is 7.57. The van der Waals surface area contributed by atoms with Gasteiger partial charge in [-0.15, -0.1) is 0 Å². The van der Waals surface area contributed by atoms with Crippen molar-refractivity contribution in [3.05, 3.63) is 23.0 Å². The standard InChI is InChI=1S/C12H19N3O2/c1-7(2)11(16)6-13-12(17)10-5-8(3)14-15-9(10)4/h5,7,11,16H,6H2,1-4H3,(H,13,17). The van der Waals surface area contributed by atoms with Crippen molar-refractivity contribution < 1.29 is 9.90 Å². The van der Waals surface area contributed by atoms with Crippen LogP contribution < -0.4 is 5.32 Å². The largest absolute Gasteiger partial charge is 0.391 e. The molecule has 0 radical (unpaired) electrons. The van der Waals surface area contributed by atoms with E-state index in [1.54, 1.807) is 19.9 Å². The van der Waals surface area contributed by atoms with Crippen LogP contribution >= 0.6 is 0 Å². The fourth-order valence-corrected chi connectivity index (χ4v) is 1.31. The second kappa shape index (κ2) is 5.72. The summed E-state index contributed by atoms with van der Waals surface area (Å²) in [5.74, 6) is -0.103. The number of aromatic nitrogens is 2. The molecule has 0 aliphatic heterocycles. The lowest BCUT2D eigenvalue weighted by Gasteiger charge is -2.15. The van der Waals surface area contributed by atoms with E-state index in [2.05, 4.69) is 15.5 Å². The zero-order valence-corrected chi connectivity index (χ0v) is 10.7. The van der Waals surface area contributed by atoms with E-state index in [1.807, 2.05) is 13.8 Å². The zero-order valence-electron chi connectivity index (χ0n) is 10.7. The summed E-state index contributed by atoms with van der Waals surface area (Å²) in [5, 5.41) is 20.0. The molecule has 0 saturated heterocycles. The highest BCUT2D eigenvalue weighted by Gasteiger charge is 2.14. The van der Waals surface area contributed by atoms with Gasteiger partial charge in [0.1, 0.15) is 0 Å². The minimum Gasteiger partial charge on any atom is -0.391 e. The summed E-state index contributed by atoms with van der Waals surface area (Å²) in [5.41, 5.74) is 1.80. The summed E-state index contributed by atoms with van der Waals surface area (Å²) < 4.78 is 0. The van der Waals surface area contributed by atoms with Gasteiger partial charge in [0.15, 0.2) is 0 Å². The predicted molar refractivity (Wildman–Crippen MR) is 64.7 cm³/mol. The summed E-state index contributed by atoms with van der Waals surface area (Å²) in [6.07, 6.45) is -0.532. The van der Waals surface area contributed by atoms with Crippen LogP contribution in [0.25, 0.3) is 0 Å². The number of aryl methyl sites for hydroxylation is 2. The van der Waals surface area contributed by atoms with Crippen LogP contribution in [0.2, 0.25) is 0 Å². The molecule has 0 bridgehead atoms. The van der Waals surface area contributed by atoms with Gasteiger partial charge < -0.3 is 10.4 Å². The highest BCUT2D eigenvalue weighted by Crippen LogP contribution is 2.05. The fraction of sp³-hybridized carbons (Fsp3) is 0.583. The molecule has 1 amide bonds. The van der Waals surface area contributed by atoms with Crippen LogP contribution in [0.1, 0.15) is 35.6 Å². The van der Waals surface area contributed by atoms with Crippen LogP contribution in [-0.2, 0) is 0 Å². The van der Waals surface area contributed by atoms with Crippen LogP contribution in [0.4, 0.5) is 0 Å². The van der Waals surface area contributed by atoms with Crippen molar-refractivity contribution in [2.24, 2.45) is 5.92 Å². The van der Waals surface area contributed by atoms with Gasteiger partial charge in [0.05, 0.1) is 23.1 Å². The summed E-state index contributed by atoms with van der Waals surface area (Å²) in [4.78, 5) is 11.9. The van der Waals surface area contributed by atoms with Gasteiger partial charge in [0, 0.05) is 6.54 Å². The van der Waals surface area contributed by atoms with Crippen LogP contribution in [0.5, 0.6) is 0 Å². The first kappa shape index (κ1) is 13.6. The second-order valence-electron chi connectivity index (χ2n) is 4.51. The highest BCUT2D eigenvalue weighted by atomic mass is 16.3. The van der Waals surface area contributed by atoms with E-state index >= 15 is 0 Å². The third-order valence-electron chi connectivity index (χ3n) is 2.59. The molecule has 1 aromatic heterocycles. The molecule has 1 rings (SSSR count). The zero-order chi connectivity index (χ0) is 13.0. The van der Waals surface area contributed by atoms with Crippen molar-refractivity contribution in [2.75, 3.05) is 6.54 Å². The lowest BCUT2D eigenvalue weighted by Crippen LogP contribution is -2.35. The van der Waals surface area contributed by atoms with Gasteiger partial charge in [0.25, 0.3) is 5.91 Å². The van der Waals surface area contributed by atoms with E-state index < -0.39 is 6.10 Å². The Balaban J connectivity index is 2.67. The Morgan fingerprint density at radius 3 is 2.65 bits per heavy atom. The van der Waals surface area contributed by atoms with Gasteiger partial charge in [-0.3, -0.25) is 4.79 Å². The molecule has 5 nitrogen and oxygen atoms in total. The van der Waals surface area contributed by atoms with E-state index in [9.17, 15) is 9.90 Å². The highest BCUT2D eigenvalue weighted by molar-refractivity contribution is 5.95. The van der Waals surface area contributed by atoms with Gasteiger partial charge in [-0.25, -0.2) is 0 Å². The Hall–Kier alpha value is -1.49. The molecule has 1 atom stereocenters. The first-order chi connectivity index (χ1) is 7.91. The number of hydrogen-bond donors (Lipinski definition) is 2. The van der Waals surface area contributed by atoms with Gasteiger partial charge in [-0.1, -0.05) is 13.8 Å². The fourth-order valence-electron chi connectivity index (χ4n) is 1.31. The molecule has 0 spiro atoms. The summed E-state index contributed by atoms with van der Waals surface area (Å²) >= 11 is 0. The molecule has 0 fully saturated rings. The molecule has 0 aliphatic carbocycles. The molecule has 1 aromatic rings. The van der Waals surface area contributed by atoms with Crippen molar-refractivity contribution >= 4 is 5.91 Å². The number of carbonyl (C=O) groups excluding carboxylic acids is 1. The number of amides is 1. The molecule has 0 aliphatic rings. The lowest BCUT2D eigenvalue weighted by atomic mass is 10.1. The van der Waals surface area contributed by atoms with Gasteiger partial charge in [-0.2, -0.15) is 10.2 Å². The maximum atomic E-state index is 11.9. The van der Waals surface area contributed by atoms with Crippen LogP contribution in [0.15, 0.2) is 6.07 Å². The maximum absolute atomic E-state index is 11.9. The number of nitrogens with one attached hydrogen (secondary N) is 1. The van der Waals surface area contributed by atoms with E-state index in [0.717, 1.165) is 0 Å². The van der Waals surface area contributed by atoms with Gasteiger partial charge in [-0.05, 0) is 25.8 Å². The third kappa shape index (κ3) is 3.78. The van der Waals surface area contributed by atoms with E-state index in [4.69, 9.17) is 0 Å². The van der Waals surface area contributed by atoms with E-state index in [1.165, 1.54) is 0 Å². The monoisotopic (exact) mass is 237 g/mol. The molecule has 5 heteroatoms. The molecule has 1 unspecified atom stereocenters. The number of aliphatic hydroxyl groups is 1. The van der Waals surface area contributed by atoms with Crippen molar-refractivity contribution in [2.45, 2.75) is 33.8 Å².